The second-order valence-corrected chi connectivity index (χ2v) is 19.6. The summed E-state index contributed by atoms with van der Waals surface area (Å²) < 4.78 is 0. The van der Waals surface area contributed by atoms with Gasteiger partial charge in [-0.15, -0.1) is 0 Å². The zero-order valence-electron chi connectivity index (χ0n) is 32.8. The third-order valence-corrected chi connectivity index (χ3v) is 16.4. The summed E-state index contributed by atoms with van der Waals surface area (Å²) in [5, 5.41) is 0. The van der Waals surface area contributed by atoms with Crippen LogP contribution in [-0.4, -0.2) is 0 Å². The quantitative estimate of drug-likeness (QED) is 0.172. The van der Waals surface area contributed by atoms with E-state index >= 15 is 0 Å². The molecular formula is C54H51N. The lowest BCUT2D eigenvalue weighted by atomic mass is 9.26. The van der Waals surface area contributed by atoms with Gasteiger partial charge in [0.2, 0.25) is 0 Å². The van der Waals surface area contributed by atoms with E-state index in [4.69, 9.17) is 0 Å². The maximum absolute atomic E-state index is 2.69. The fraction of sp³-hybridized carbons (Fsp3) is 0.333. The second-order valence-electron chi connectivity index (χ2n) is 19.6. The highest BCUT2D eigenvalue weighted by Crippen LogP contribution is 2.90. The summed E-state index contributed by atoms with van der Waals surface area (Å²) in [6.45, 7) is 9.90. The summed E-state index contributed by atoms with van der Waals surface area (Å²) in [5.74, 6) is 3.35. The van der Waals surface area contributed by atoms with Crippen LogP contribution in [-0.2, 0) is 16.2 Å². The standard InChI is InChI=1S/C54H51N/c1-51(2)28-29-52(3,4)50-43(51)21-13-23-45(50)55(39-26-24-36(25-27-39)35-14-7-5-8-15-35)44-22-12-20-42-48(44)41-19-11-18-40(37-16-9-6-10-17-37)49(41)54(42)46-31-34-30-38-32-47(54)53(38,46)33-34/h5-27,34,38,46-47H,28-33H2,1-4H3. The van der Waals surface area contributed by atoms with Gasteiger partial charge in [0.1, 0.15) is 0 Å². The molecule has 0 N–H and O–H groups in total. The minimum absolute atomic E-state index is 0.0472. The van der Waals surface area contributed by atoms with Crippen LogP contribution in [0.4, 0.5) is 17.1 Å². The number of anilines is 3. The number of hydrogen-bond donors (Lipinski definition) is 0. The van der Waals surface area contributed by atoms with Crippen molar-refractivity contribution in [3.8, 4) is 33.4 Å². The van der Waals surface area contributed by atoms with Gasteiger partial charge in [0.25, 0.3) is 0 Å². The molecule has 272 valence electrons. The Kier molecular flexibility index (Phi) is 6.42. The average molecular weight is 714 g/mol. The molecular weight excluding hydrogens is 663 g/mol. The van der Waals surface area contributed by atoms with Crippen molar-refractivity contribution in [3.05, 3.63) is 162 Å². The molecule has 2 spiro atoms. The maximum Gasteiger partial charge on any atom is 0.0543 e. The Morgan fingerprint density at radius 1 is 0.491 bits per heavy atom. The van der Waals surface area contributed by atoms with Crippen LogP contribution in [0.15, 0.2) is 140 Å². The summed E-state index contributed by atoms with van der Waals surface area (Å²) >= 11 is 0. The number of fused-ring (bicyclic) bond motifs is 9. The maximum atomic E-state index is 2.69. The zero-order chi connectivity index (χ0) is 36.9. The van der Waals surface area contributed by atoms with E-state index in [1.807, 2.05) is 0 Å². The Labute approximate surface area is 327 Å². The van der Waals surface area contributed by atoms with Crippen LogP contribution in [0, 0.1) is 29.1 Å². The number of rotatable bonds is 5. The third kappa shape index (κ3) is 4.00. The molecule has 0 aromatic heterocycles. The number of benzene rings is 6. The van der Waals surface area contributed by atoms with Gasteiger partial charge < -0.3 is 4.90 Å². The van der Waals surface area contributed by atoms with Gasteiger partial charge in [-0.3, -0.25) is 0 Å². The van der Waals surface area contributed by atoms with Gasteiger partial charge >= 0.3 is 0 Å². The Morgan fingerprint density at radius 3 is 1.85 bits per heavy atom. The lowest BCUT2D eigenvalue weighted by Crippen LogP contribution is -2.73. The molecule has 1 nitrogen and oxygen atoms in total. The fourth-order valence-electron chi connectivity index (χ4n) is 14.2. The Balaban J connectivity index is 1.14. The van der Waals surface area contributed by atoms with Crippen LogP contribution in [0.25, 0.3) is 33.4 Å². The lowest BCUT2D eigenvalue weighted by Gasteiger charge is -2.76. The molecule has 2 bridgehead atoms. The Hall–Kier alpha value is -4.88. The summed E-state index contributed by atoms with van der Waals surface area (Å²) in [5.41, 5.74) is 19.3. The van der Waals surface area contributed by atoms with Crippen LogP contribution in [0.3, 0.4) is 0 Å². The first-order valence-electron chi connectivity index (χ1n) is 21.2. The topological polar surface area (TPSA) is 3.24 Å². The van der Waals surface area contributed by atoms with E-state index in [1.165, 1.54) is 100 Å². The van der Waals surface area contributed by atoms with E-state index in [2.05, 4.69) is 172 Å². The van der Waals surface area contributed by atoms with Crippen LogP contribution < -0.4 is 4.90 Å². The summed E-state index contributed by atoms with van der Waals surface area (Å²) in [6, 6.07) is 53.6. The molecule has 0 saturated heterocycles. The first-order valence-corrected chi connectivity index (χ1v) is 21.2. The molecule has 6 aromatic rings. The van der Waals surface area contributed by atoms with Gasteiger partial charge in [-0.05, 0) is 153 Å². The molecule has 0 amide bonds. The van der Waals surface area contributed by atoms with E-state index in [9.17, 15) is 0 Å². The van der Waals surface area contributed by atoms with Crippen molar-refractivity contribution in [2.45, 2.75) is 82.5 Å². The highest BCUT2D eigenvalue weighted by Gasteiger charge is 2.84. The molecule has 0 heterocycles. The smallest absolute Gasteiger partial charge is 0.0543 e. The van der Waals surface area contributed by atoms with E-state index in [1.54, 1.807) is 11.1 Å². The van der Waals surface area contributed by atoms with E-state index in [0.29, 0.717) is 5.41 Å². The van der Waals surface area contributed by atoms with E-state index in [-0.39, 0.29) is 16.2 Å². The van der Waals surface area contributed by atoms with Crippen molar-refractivity contribution in [2.75, 3.05) is 4.90 Å². The monoisotopic (exact) mass is 713 g/mol. The molecule has 12 rings (SSSR count). The van der Waals surface area contributed by atoms with Crippen LogP contribution >= 0.6 is 0 Å². The van der Waals surface area contributed by atoms with Crippen molar-refractivity contribution >= 4 is 17.1 Å². The Bertz CT molecular complexity index is 2530. The summed E-state index contributed by atoms with van der Waals surface area (Å²) in [6.07, 6.45) is 8.15. The molecule has 55 heavy (non-hydrogen) atoms. The van der Waals surface area contributed by atoms with Gasteiger partial charge in [0.15, 0.2) is 0 Å². The first kappa shape index (κ1) is 32.4. The van der Waals surface area contributed by atoms with Gasteiger partial charge in [0.05, 0.1) is 11.4 Å². The normalized spacial score (nSPS) is 29.1. The van der Waals surface area contributed by atoms with Crippen molar-refractivity contribution in [1.29, 1.82) is 0 Å². The summed E-state index contributed by atoms with van der Waals surface area (Å²) in [7, 11) is 0. The van der Waals surface area contributed by atoms with Crippen LogP contribution in [0.5, 0.6) is 0 Å². The molecule has 6 atom stereocenters. The third-order valence-electron chi connectivity index (χ3n) is 16.4. The lowest BCUT2D eigenvalue weighted by molar-refractivity contribution is -0.231. The number of hydrogen-bond acceptors (Lipinski definition) is 1. The highest BCUT2D eigenvalue weighted by molar-refractivity contribution is 5.99. The molecule has 6 aliphatic carbocycles. The zero-order valence-corrected chi connectivity index (χ0v) is 32.8. The van der Waals surface area contributed by atoms with E-state index < -0.39 is 0 Å². The van der Waals surface area contributed by atoms with Gasteiger partial charge in [-0.2, -0.15) is 0 Å². The molecule has 6 aliphatic rings. The largest absolute Gasteiger partial charge is 0.310 e. The highest BCUT2D eigenvalue weighted by atomic mass is 15.2. The number of nitrogens with zero attached hydrogens (tertiary/aromatic N) is 1. The molecule has 4 fully saturated rings. The average Bonchev–Trinajstić information content (AvgIpc) is 3.85. The van der Waals surface area contributed by atoms with E-state index in [0.717, 1.165) is 23.7 Å². The van der Waals surface area contributed by atoms with Gasteiger partial charge in [0, 0.05) is 16.7 Å². The summed E-state index contributed by atoms with van der Waals surface area (Å²) in [4.78, 5) is 2.69. The molecule has 6 unspecified atom stereocenters. The fourth-order valence-corrected chi connectivity index (χ4v) is 14.2. The minimum Gasteiger partial charge on any atom is -0.310 e. The van der Waals surface area contributed by atoms with Crippen molar-refractivity contribution in [2.24, 2.45) is 29.1 Å². The Morgan fingerprint density at radius 2 is 1.11 bits per heavy atom. The van der Waals surface area contributed by atoms with Gasteiger partial charge in [-0.1, -0.05) is 143 Å². The molecule has 4 saturated carbocycles. The molecule has 0 radical (unpaired) electrons. The SMILES string of the molecule is CC1(C)CCC(C)(C)c2c(N(c3ccc(-c4ccccc4)cc3)c3cccc4c3-c3cccc(-c5ccccc5)c3C43C4CC5CC6CC3C64C5)cccc21. The van der Waals surface area contributed by atoms with Gasteiger partial charge in [-0.25, -0.2) is 0 Å². The van der Waals surface area contributed by atoms with Crippen LogP contribution in [0.1, 0.15) is 88.5 Å². The second kappa shape index (κ2) is 10.9. The predicted molar refractivity (Wildman–Crippen MR) is 228 cm³/mol. The first-order chi connectivity index (χ1) is 26.7. The predicted octanol–water partition coefficient (Wildman–Crippen LogP) is 14.2. The molecule has 6 aromatic carbocycles. The van der Waals surface area contributed by atoms with Crippen molar-refractivity contribution in [3.63, 3.8) is 0 Å². The molecule has 1 heteroatoms. The van der Waals surface area contributed by atoms with Crippen LogP contribution in [0.2, 0.25) is 0 Å². The minimum atomic E-state index is 0.0472. The molecule has 0 aliphatic heterocycles. The van der Waals surface area contributed by atoms with Crippen molar-refractivity contribution in [1.82, 2.24) is 0 Å². The van der Waals surface area contributed by atoms with Crippen molar-refractivity contribution < 1.29 is 0 Å².